The van der Waals surface area contributed by atoms with Crippen LogP contribution in [0.4, 0.5) is 0 Å². The van der Waals surface area contributed by atoms with Crippen LogP contribution in [0.25, 0.3) is 0 Å². The van der Waals surface area contributed by atoms with Gasteiger partial charge < -0.3 is 39.6 Å². The molecule has 8 nitrogen and oxygen atoms in total. The lowest BCUT2D eigenvalue weighted by atomic mass is 9.79. The molecule has 0 bridgehead atoms. The lowest BCUT2D eigenvalue weighted by molar-refractivity contribution is -0.0220. The summed E-state index contributed by atoms with van der Waals surface area (Å²) in [5, 5.41) is 18.8. The van der Waals surface area contributed by atoms with Crippen molar-refractivity contribution in [3.63, 3.8) is 0 Å². The van der Waals surface area contributed by atoms with Crippen molar-refractivity contribution in [2.75, 3.05) is 60.7 Å². The number of likely N-dealkylation sites (tertiary alicyclic amines) is 1. The van der Waals surface area contributed by atoms with Crippen LogP contribution in [0, 0.1) is 11.8 Å². The van der Waals surface area contributed by atoms with Crippen LogP contribution in [0.2, 0.25) is 0 Å². The van der Waals surface area contributed by atoms with Gasteiger partial charge in [0.25, 0.3) is 0 Å². The highest BCUT2D eigenvalue weighted by atomic mass is 16.5. The molecule has 2 fully saturated rings. The van der Waals surface area contributed by atoms with Gasteiger partial charge in [0.15, 0.2) is 0 Å². The van der Waals surface area contributed by atoms with Gasteiger partial charge >= 0.3 is 0 Å². The quantitative estimate of drug-likeness (QED) is 0.174. The molecule has 0 spiro atoms. The van der Waals surface area contributed by atoms with Crippen molar-refractivity contribution in [1.82, 2.24) is 15.5 Å². The summed E-state index contributed by atoms with van der Waals surface area (Å²) in [5.74, 6) is 2.56. The maximum absolute atomic E-state index is 11.1. The lowest BCUT2D eigenvalue weighted by Crippen LogP contribution is -2.58. The van der Waals surface area contributed by atoms with Crippen LogP contribution >= 0.6 is 0 Å². The van der Waals surface area contributed by atoms with Crippen LogP contribution in [0.15, 0.2) is 48.5 Å². The number of rotatable bonds is 19. The third kappa shape index (κ3) is 11.2. The summed E-state index contributed by atoms with van der Waals surface area (Å²) < 4.78 is 22.8. The van der Waals surface area contributed by atoms with E-state index in [0.29, 0.717) is 25.0 Å². The first kappa shape index (κ1) is 35.7. The molecule has 0 radical (unpaired) electrons. The molecule has 1 saturated carbocycles. The van der Waals surface area contributed by atoms with Crippen molar-refractivity contribution in [2.45, 2.75) is 89.1 Å². The van der Waals surface area contributed by atoms with Crippen LogP contribution < -0.4 is 20.1 Å². The largest absolute Gasteiger partial charge is 0.497 e. The molecular formula is C37H59N3O5. The van der Waals surface area contributed by atoms with E-state index in [2.05, 4.69) is 58.0 Å². The van der Waals surface area contributed by atoms with Crippen LogP contribution in [-0.2, 0) is 16.0 Å². The van der Waals surface area contributed by atoms with Gasteiger partial charge in [-0.1, -0.05) is 49.6 Å². The zero-order valence-electron chi connectivity index (χ0n) is 28.2. The number of nitrogens with one attached hydrogen (secondary N) is 2. The standard InChI is InChI=1S/C37H59N3O5/c1-28(41)35(36(30-13-7-5-8-14-30)39-26-29-23-33(43-3)25-34(24-29)44-4)38-18-20-40-19-11-17-32(27-40)37(45-22-12-21-42-2)31-15-9-6-10-16-31/h6,9-10,15-16,23-25,28,30,32,35-39,41H,5,7-8,11-14,17-22,26-27H2,1-4H3/t28-,32?,35-,36?,37?/m1/s1. The van der Waals surface area contributed by atoms with Crippen molar-refractivity contribution in [3.05, 3.63) is 59.7 Å². The minimum atomic E-state index is -0.471. The molecule has 0 amide bonds. The topological polar surface area (TPSA) is 84.5 Å². The average Bonchev–Trinajstić information content (AvgIpc) is 3.08. The molecular weight excluding hydrogens is 566 g/mol. The molecule has 2 aromatic carbocycles. The highest BCUT2D eigenvalue weighted by Gasteiger charge is 2.34. The number of methoxy groups -OCH3 is 3. The Morgan fingerprint density at radius 1 is 0.867 bits per heavy atom. The minimum Gasteiger partial charge on any atom is -0.497 e. The second-order valence-corrected chi connectivity index (χ2v) is 13.0. The van der Waals surface area contributed by atoms with E-state index in [9.17, 15) is 5.11 Å². The molecule has 1 aliphatic heterocycles. The summed E-state index contributed by atoms with van der Waals surface area (Å²) in [6.45, 7) is 7.97. The molecule has 2 aromatic rings. The van der Waals surface area contributed by atoms with Crippen LogP contribution in [-0.4, -0.2) is 88.9 Å². The second kappa shape index (κ2) is 19.5. The van der Waals surface area contributed by atoms with E-state index in [0.717, 1.165) is 56.3 Å². The highest BCUT2D eigenvalue weighted by Crippen LogP contribution is 2.33. The molecule has 8 heteroatoms. The Balaban J connectivity index is 1.38. The maximum atomic E-state index is 11.1. The first-order chi connectivity index (χ1) is 22.0. The van der Waals surface area contributed by atoms with Crippen LogP contribution in [0.3, 0.4) is 0 Å². The first-order valence-electron chi connectivity index (χ1n) is 17.3. The molecule has 3 N–H and O–H groups in total. The Labute approximate surface area is 272 Å². The number of hydrogen-bond donors (Lipinski definition) is 3. The van der Waals surface area contributed by atoms with Crippen molar-refractivity contribution in [3.8, 4) is 11.5 Å². The number of aliphatic hydroxyl groups excluding tert-OH is 1. The van der Waals surface area contributed by atoms with E-state index >= 15 is 0 Å². The van der Waals surface area contributed by atoms with Gasteiger partial charge in [-0.25, -0.2) is 0 Å². The molecule has 252 valence electrons. The lowest BCUT2D eigenvalue weighted by Gasteiger charge is -2.40. The summed E-state index contributed by atoms with van der Waals surface area (Å²) in [5.41, 5.74) is 2.39. The molecule has 1 aliphatic carbocycles. The minimum absolute atomic E-state index is 0.0395. The van der Waals surface area contributed by atoms with Crippen molar-refractivity contribution >= 4 is 0 Å². The fourth-order valence-electron chi connectivity index (χ4n) is 7.37. The Morgan fingerprint density at radius 2 is 1.58 bits per heavy atom. The molecule has 45 heavy (non-hydrogen) atoms. The molecule has 5 atom stereocenters. The van der Waals surface area contributed by atoms with Gasteiger partial charge in [0.2, 0.25) is 0 Å². The number of aliphatic hydroxyl groups is 1. The van der Waals surface area contributed by atoms with E-state index < -0.39 is 6.10 Å². The third-order valence-electron chi connectivity index (χ3n) is 9.71. The highest BCUT2D eigenvalue weighted by molar-refractivity contribution is 5.38. The Kier molecular flexibility index (Phi) is 15.4. The number of piperidine rings is 1. The summed E-state index contributed by atoms with van der Waals surface area (Å²) in [6, 6.07) is 16.9. The zero-order valence-corrected chi connectivity index (χ0v) is 28.2. The molecule has 1 heterocycles. The van der Waals surface area contributed by atoms with Crippen molar-refractivity contribution in [1.29, 1.82) is 0 Å². The maximum Gasteiger partial charge on any atom is 0.122 e. The van der Waals surface area contributed by atoms with E-state index in [4.69, 9.17) is 18.9 Å². The number of benzene rings is 2. The monoisotopic (exact) mass is 625 g/mol. The van der Waals surface area contributed by atoms with Crippen molar-refractivity contribution in [2.24, 2.45) is 11.8 Å². The predicted molar refractivity (Wildman–Crippen MR) is 181 cm³/mol. The Hall–Kier alpha value is -2.20. The van der Waals surface area contributed by atoms with Crippen LogP contribution in [0.5, 0.6) is 11.5 Å². The fourth-order valence-corrected chi connectivity index (χ4v) is 7.37. The third-order valence-corrected chi connectivity index (χ3v) is 9.71. The van der Waals surface area contributed by atoms with Gasteiger partial charge in [-0.2, -0.15) is 0 Å². The summed E-state index contributed by atoms with van der Waals surface area (Å²) >= 11 is 0. The van der Waals surface area contributed by atoms with E-state index in [-0.39, 0.29) is 18.2 Å². The first-order valence-corrected chi connectivity index (χ1v) is 17.3. The van der Waals surface area contributed by atoms with Gasteiger partial charge in [-0.15, -0.1) is 0 Å². The van der Waals surface area contributed by atoms with Gasteiger partial charge in [-0.3, -0.25) is 0 Å². The average molecular weight is 626 g/mol. The SMILES string of the molecule is COCCCOC(c1ccccc1)C1CCCN(CCN[C@@H](C(NCc2cc(OC)cc(OC)c2)C2CCCCC2)[C@@H](C)O)C1. The summed E-state index contributed by atoms with van der Waals surface area (Å²) in [6.07, 6.45) is 9.09. The molecule has 4 rings (SSSR count). The number of hydrogen-bond acceptors (Lipinski definition) is 8. The van der Waals surface area contributed by atoms with Gasteiger partial charge in [0, 0.05) is 70.6 Å². The second-order valence-electron chi connectivity index (χ2n) is 13.0. The van der Waals surface area contributed by atoms with Gasteiger partial charge in [0.1, 0.15) is 11.5 Å². The Morgan fingerprint density at radius 3 is 2.24 bits per heavy atom. The van der Waals surface area contributed by atoms with Crippen molar-refractivity contribution < 1.29 is 24.1 Å². The number of ether oxygens (including phenoxy) is 4. The van der Waals surface area contributed by atoms with Gasteiger partial charge in [0.05, 0.1) is 26.4 Å². The number of nitrogens with zero attached hydrogens (tertiary/aromatic N) is 1. The smallest absolute Gasteiger partial charge is 0.122 e. The van der Waals surface area contributed by atoms with E-state index in [1.54, 1.807) is 21.3 Å². The fraction of sp³-hybridized carbons (Fsp3) is 0.676. The van der Waals surface area contributed by atoms with E-state index in [1.807, 2.05) is 13.0 Å². The predicted octanol–water partition coefficient (Wildman–Crippen LogP) is 5.59. The van der Waals surface area contributed by atoms with Gasteiger partial charge in [-0.05, 0) is 74.8 Å². The zero-order chi connectivity index (χ0) is 31.9. The molecule has 0 aromatic heterocycles. The normalized spacial score (nSPS) is 20.8. The van der Waals surface area contributed by atoms with E-state index in [1.165, 1.54) is 50.5 Å². The summed E-state index contributed by atoms with van der Waals surface area (Å²) in [4.78, 5) is 2.58. The Bertz CT molecular complexity index is 1060. The molecule has 1 saturated heterocycles. The van der Waals surface area contributed by atoms with Crippen LogP contribution in [0.1, 0.15) is 75.5 Å². The summed E-state index contributed by atoms with van der Waals surface area (Å²) in [7, 11) is 5.12. The molecule has 2 aliphatic rings. The molecule has 3 unspecified atom stereocenters.